The van der Waals surface area contributed by atoms with Gasteiger partial charge in [0.2, 0.25) is 0 Å². The molecule has 0 aromatic heterocycles. The van der Waals surface area contributed by atoms with Crippen LogP contribution in [0.2, 0.25) is 0 Å². The maximum atomic E-state index is 13.7. The van der Waals surface area contributed by atoms with E-state index in [1.54, 1.807) is 19.9 Å². The number of nitriles is 1. The molecule has 8 nitrogen and oxygen atoms in total. The molecule has 0 bridgehead atoms. The standard InChI is InChI=1S/C37H45F3N4O4S/c1-24-18-27(19-25(2)42(24)22-33(45)48-23-26-8-6-5-7-9-26)16-17-47-31-14-12-29(13-15-31)44-35(49)43(34(46)36(44,3)4)30-11-10-28(21-41)32(20-30)37(38,39)40/h5-11,20,24-25,27,29,31H,12-19,22-23H2,1-4H3. The van der Waals surface area contributed by atoms with Gasteiger partial charge in [0.05, 0.1) is 35.5 Å². The number of alkyl halides is 3. The van der Waals surface area contributed by atoms with Crippen molar-refractivity contribution in [1.82, 2.24) is 9.80 Å². The summed E-state index contributed by atoms with van der Waals surface area (Å²) in [5.41, 5.74) is -1.66. The Hall–Kier alpha value is -3.53. The third-order valence-electron chi connectivity index (χ3n) is 10.3. The SMILES string of the molecule is CC1CC(CCOC2CCC(N3C(=S)N(c4ccc(C#N)c(C(F)(F)F)c4)C(=O)C3(C)C)CC2)CC(C)N1CC(=O)OCc1ccccc1. The second kappa shape index (κ2) is 15.2. The molecule has 2 saturated heterocycles. The third kappa shape index (κ3) is 8.27. The van der Waals surface area contributed by atoms with Crippen LogP contribution in [0.5, 0.6) is 0 Å². The molecule has 1 amide bonds. The lowest BCUT2D eigenvalue weighted by molar-refractivity contribution is -0.148. The first-order chi connectivity index (χ1) is 23.2. The Balaban J connectivity index is 1.08. The number of nitrogens with zero attached hydrogens (tertiary/aromatic N) is 4. The molecular weight excluding hydrogens is 653 g/mol. The largest absolute Gasteiger partial charge is 0.460 e. The van der Waals surface area contributed by atoms with Crippen LogP contribution in [0.1, 0.15) is 89.3 Å². The summed E-state index contributed by atoms with van der Waals surface area (Å²) in [7, 11) is 0. The van der Waals surface area contributed by atoms with Crippen LogP contribution < -0.4 is 4.90 Å². The van der Waals surface area contributed by atoms with Crippen LogP contribution >= 0.6 is 12.2 Å². The van der Waals surface area contributed by atoms with Gasteiger partial charge in [-0.2, -0.15) is 18.4 Å². The lowest BCUT2D eigenvalue weighted by Crippen LogP contribution is -2.51. The van der Waals surface area contributed by atoms with E-state index in [1.807, 2.05) is 35.2 Å². The first-order valence-electron chi connectivity index (χ1n) is 17.1. The van der Waals surface area contributed by atoms with Crippen LogP contribution in [0.25, 0.3) is 0 Å². The van der Waals surface area contributed by atoms with Gasteiger partial charge in [-0.25, -0.2) is 0 Å². The van der Waals surface area contributed by atoms with Gasteiger partial charge >= 0.3 is 12.1 Å². The van der Waals surface area contributed by atoms with E-state index < -0.39 is 28.7 Å². The van der Waals surface area contributed by atoms with Gasteiger partial charge in [-0.05, 0) is 115 Å². The Morgan fingerprint density at radius 3 is 2.31 bits per heavy atom. The molecule has 2 unspecified atom stereocenters. The highest BCUT2D eigenvalue weighted by Crippen LogP contribution is 2.41. The number of hydrogen-bond donors (Lipinski definition) is 0. The monoisotopic (exact) mass is 698 g/mol. The Bertz CT molecular complexity index is 1540. The number of benzene rings is 2. The van der Waals surface area contributed by atoms with E-state index in [9.17, 15) is 28.0 Å². The predicted octanol–water partition coefficient (Wildman–Crippen LogP) is 7.24. The van der Waals surface area contributed by atoms with Crippen LogP contribution in [-0.4, -0.2) is 69.7 Å². The zero-order valence-corrected chi connectivity index (χ0v) is 29.4. The van der Waals surface area contributed by atoms with Gasteiger partial charge in [0.25, 0.3) is 5.91 Å². The molecule has 49 heavy (non-hydrogen) atoms. The highest BCUT2D eigenvalue weighted by atomic mass is 32.1. The molecule has 2 aliphatic heterocycles. The molecule has 12 heteroatoms. The van der Waals surface area contributed by atoms with Gasteiger partial charge in [-0.3, -0.25) is 19.4 Å². The van der Waals surface area contributed by atoms with Crippen molar-refractivity contribution in [3.8, 4) is 6.07 Å². The average Bonchev–Trinajstić information content (AvgIpc) is 3.24. The van der Waals surface area contributed by atoms with E-state index in [0.717, 1.165) is 62.6 Å². The van der Waals surface area contributed by atoms with Gasteiger partial charge in [0.1, 0.15) is 12.1 Å². The summed E-state index contributed by atoms with van der Waals surface area (Å²) < 4.78 is 52.9. The first-order valence-corrected chi connectivity index (χ1v) is 17.5. The van der Waals surface area contributed by atoms with Crippen LogP contribution in [-0.2, 0) is 31.8 Å². The minimum atomic E-state index is -4.74. The quantitative estimate of drug-likeness (QED) is 0.190. The number of rotatable bonds is 10. The zero-order chi connectivity index (χ0) is 35.5. The van der Waals surface area contributed by atoms with Gasteiger partial charge < -0.3 is 14.4 Å². The molecule has 0 spiro atoms. The van der Waals surface area contributed by atoms with Crippen LogP contribution in [0.15, 0.2) is 48.5 Å². The molecule has 2 heterocycles. The molecule has 0 N–H and O–H groups in total. The molecule has 1 aliphatic carbocycles. The van der Waals surface area contributed by atoms with Gasteiger partial charge in [-0.1, -0.05) is 30.3 Å². The fourth-order valence-electron chi connectivity index (χ4n) is 7.77. The molecule has 5 rings (SSSR count). The second-order valence-corrected chi connectivity index (χ2v) is 14.5. The lowest BCUT2D eigenvalue weighted by Gasteiger charge is -2.42. The van der Waals surface area contributed by atoms with Crippen molar-refractivity contribution in [1.29, 1.82) is 5.26 Å². The van der Waals surface area contributed by atoms with Gasteiger partial charge in [-0.15, -0.1) is 0 Å². The summed E-state index contributed by atoms with van der Waals surface area (Å²) in [5, 5.41) is 9.37. The Kier molecular flexibility index (Phi) is 11.4. The van der Waals surface area contributed by atoms with Crippen molar-refractivity contribution < 1.29 is 32.2 Å². The van der Waals surface area contributed by atoms with E-state index in [2.05, 4.69) is 18.7 Å². The normalized spacial score (nSPS) is 26.1. The molecule has 1 saturated carbocycles. The maximum Gasteiger partial charge on any atom is 0.417 e. The smallest absolute Gasteiger partial charge is 0.417 e. The van der Waals surface area contributed by atoms with Crippen molar-refractivity contribution >= 4 is 34.9 Å². The summed E-state index contributed by atoms with van der Waals surface area (Å²) >= 11 is 5.73. The minimum Gasteiger partial charge on any atom is -0.460 e. The highest BCUT2D eigenvalue weighted by molar-refractivity contribution is 7.80. The van der Waals surface area contributed by atoms with Crippen molar-refractivity contribution in [3.63, 3.8) is 0 Å². The van der Waals surface area contributed by atoms with Crippen molar-refractivity contribution in [2.75, 3.05) is 18.1 Å². The molecule has 3 fully saturated rings. The molecular formula is C37H45F3N4O4S. The number of likely N-dealkylation sites (tertiary alicyclic amines) is 1. The minimum absolute atomic E-state index is 0.00591. The maximum absolute atomic E-state index is 13.7. The van der Waals surface area contributed by atoms with Gasteiger partial charge in [0, 0.05) is 24.7 Å². The number of carbonyl (C=O) groups is 2. The number of hydrogen-bond acceptors (Lipinski definition) is 7. The Labute approximate surface area is 292 Å². The third-order valence-corrected chi connectivity index (χ3v) is 10.7. The number of amides is 1. The van der Waals surface area contributed by atoms with E-state index in [0.29, 0.717) is 12.5 Å². The second-order valence-electron chi connectivity index (χ2n) is 14.1. The van der Waals surface area contributed by atoms with Crippen LogP contribution in [0, 0.1) is 17.2 Å². The lowest BCUT2D eigenvalue weighted by atomic mass is 9.85. The van der Waals surface area contributed by atoms with Gasteiger partial charge in [0.15, 0.2) is 5.11 Å². The molecule has 2 atom stereocenters. The highest BCUT2D eigenvalue weighted by Gasteiger charge is 2.52. The van der Waals surface area contributed by atoms with E-state index in [1.165, 1.54) is 11.0 Å². The summed E-state index contributed by atoms with van der Waals surface area (Å²) in [6, 6.07) is 15.0. The van der Waals surface area contributed by atoms with Crippen LogP contribution in [0.3, 0.4) is 0 Å². The number of esters is 1. The van der Waals surface area contributed by atoms with Crippen molar-refractivity contribution in [2.45, 2.75) is 115 Å². The van der Waals surface area contributed by atoms with Crippen molar-refractivity contribution in [2.24, 2.45) is 5.92 Å². The number of carbonyl (C=O) groups excluding carboxylic acids is 2. The Morgan fingerprint density at radius 1 is 1.04 bits per heavy atom. The summed E-state index contributed by atoms with van der Waals surface area (Å²) in [5.74, 6) is -0.106. The van der Waals surface area contributed by atoms with Crippen LogP contribution in [0.4, 0.5) is 18.9 Å². The summed E-state index contributed by atoms with van der Waals surface area (Å²) in [6.07, 6.45) is 1.32. The fraction of sp³-hybridized carbons (Fsp3) is 0.568. The summed E-state index contributed by atoms with van der Waals surface area (Å²) in [4.78, 5) is 31.4. The number of piperidine rings is 1. The van der Waals surface area contributed by atoms with Crippen molar-refractivity contribution in [3.05, 3.63) is 65.2 Å². The average molecular weight is 699 g/mol. The van der Waals surface area contributed by atoms with E-state index >= 15 is 0 Å². The number of halogens is 3. The molecule has 2 aromatic carbocycles. The first kappa shape index (κ1) is 36.7. The molecule has 0 radical (unpaired) electrons. The van der Waals surface area contributed by atoms with E-state index in [4.69, 9.17) is 21.7 Å². The fourth-order valence-corrected chi connectivity index (χ4v) is 8.34. The number of thiocarbonyl (C=S) groups is 1. The molecule has 2 aromatic rings. The Morgan fingerprint density at radius 2 is 1.69 bits per heavy atom. The molecule has 3 aliphatic rings. The summed E-state index contributed by atoms with van der Waals surface area (Å²) in [6.45, 7) is 9.05. The number of ether oxygens (including phenoxy) is 2. The zero-order valence-electron chi connectivity index (χ0n) is 28.5. The predicted molar refractivity (Wildman–Crippen MR) is 183 cm³/mol. The van der Waals surface area contributed by atoms with E-state index in [-0.39, 0.29) is 54.2 Å². The topological polar surface area (TPSA) is 86.1 Å². The number of anilines is 1. The molecule has 264 valence electrons.